The van der Waals surface area contributed by atoms with Crippen LogP contribution in [-0.2, 0) is 0 Å². The molecule has 0 N–H and O–H groups in total. The summed E-state index contributed by atoms with van der Waals surface area (Å²) in [5.41, 5.74) is 1.48. The molecule has 0 unspecified atom stereocenters. The summed E-state index contributed by atoms with van der Waals surface area (Å²) in [6.07, 6.45) is 4.65. The molecular weight excluding hydrogens is 304 g/mol. The molecule has 0 saturated heterocycles. The number of carbonyl (C=O) groups is 1. The highest BCUT2D eigenvalue weighted by Gasteiger charge is 2.39. The predicted octanol–water partition coefficient (Wildman–Crippen LogP) is 3.45. The van der Waals surface area contributed by atoms with E-state index in [2.05, 4.69) is 4.98 Å². The summed E-state index contributed by atoms with van der Waals surface area (Å²) in [6.45, 7) is 0. The van der Waals surface area contributed by atoms with Crippen molar-refractivity contribution in [1.82, 2.24) is 9.55 Å². The molecule has 4 rings (SSSR count). The molecule has 0 bridgehead atoms. The van der Waals surface area contributed by atoms with E-state index in [4.69, 9.17) is 9.47 Å². The molecule has 0 amide bonds. The Labute approximate surface area is 139 Å². The largest absolute Gasteiger partial charge is 0.497 e. The number of fused-ring (bicyclic) bond motifs is 1. The first-order chi connectivity index (χ1) is 11.8. The zero-order valence-corrected chi connectivity index (χ0v) is 13.1. The number of carbonyl (C=O) groups excluding carboxylic acids is 1. The van der Waals surface area contributed by atoms with E-state index in [1.165, 1.54) is 0 Å². The van der Waals surface area contributed by atoms with E-state index >= 15 is 0 Å². The fourth-order valence-corrected chi connectivity index (χ4v) is 3.07. The molecule has 1 aliphatic rings. The summed E-state index contributed by atoms with van der Waals surface area (Å²) >= 11 is 0. The monoisotopic (exact) mass is 320 g/mol. The summed E-state index contributed by atoms with van der Waals surface area (Å²) in [7, 11) is 1.62. The van der Waals surface area contributed by atoms with E-state index in [9.17, 15) is 4.79 Å². The summed E-state index contributed by atoms with van der Waals surface area (Å²) in [4.78, 5) is 17.2. The van der Waals surface area contributed by atoms with E-state index in [1.54, 1.807) is 36.5 Å². The van der Waals surface area contributed by atoms with Gasteiger partial charge in [-0.3, -0.25) is 4.79 Å². The second kappa shape index (κ2) is 5.85. The van der Waals surface area contributed by atoms with Gasteiger partial charge in [0.1, 0.15) is 17.5 Å². The molecule has 0 aliphatic carbocycles. The Hall–Kier alpha value is -3.08. The quantitative estimate of drug-likeness (QED) is 0.742. The van der Waals surface area contributed by atoms with Crippen LogP contribution in [0.2, 0.25) is 0 Å². The van der Waals surface area contributed by atoms with Crippen molar-refractivity contribution >= 4 is 5.78 Å². The number of imidazole rings is 1. The Balaban J connectivity index is 1.85. The third-order valence-electron chi connectivity index (χ3n) is 4.23. The van der Waals surface area contributed by atoms with Gasteiger partial charge in [0.05, 0.1) is 19.0 Å². The van der Waals surface area contributed by atoms with Crippen LogP contribution >= 0.6 is 0 Å². The Morgan fingerprint density at radius 3 is 2.83 bits per heavy atom. The summed E-state index contributed by atoms with van der Waals surface area (Å²) in [5.74, 6) is 1.35. The molecule has 0 fully saturated rings. The maximum atomic E-state index is 13.1. The van der Waals surface area contributed by atoms with E-state index in [1.807, 2.05) is 42.5 Å². The zero-order chi connectivity index (χ0) is 16.5. The van der Waals surface area contributed by atoms with E-state index in [0.717, 1.165) is 11.3 Å². The van der Waals surface area contributed by atoms with Crippen LogP contribution in [0.15, 0.2) is 67.3 Å². The van der Waals surface area contributed by atoms with Crippen molar-refractivity contribution < 1.29 is 14.3 Å². The van der Waals surface area contributed by atoms with Crippen molar-refractivity contribution in [2.75, 3.05) is 7.11 Å². The molecule has 5 nitrogen and oxygen atoms in total. The number of aromatic nitrogens is 2. The smallest absolute Gasteiger partial charge is 0.193 e. The lowest BCUT2D eigenvalue weighted by atomic mass is 9.91. The van der Waals surface area contributed by atoms with Gasteiger partial charge in [0.15, 0.2) is 11.9 Å². The second-order valence-electron chi connectivity index (χ2n) is 5.63. The first-order valence-electron chi connectivity index (χ1n) is 7.69. The third kappa shape index (κ3) is 2.34. The number of ether oxygens (including phenoxy) is 2. The highest BCUT2D eigenvalue weighted by atomic mass is 16.5. The van der Waals surface area contributed by atoms with Crippen LogP contribution in [0.3, 0.4) is 0 Å². The van der Waals surface area contributed by atoms with Gasteiger partial charge in [-0.15, -0.1) is 0 Å². The number of ketones is 1. The van der Waals surface area contributed by atoms with Crippen molar-refractivity contribution in [1.29, 1.82) is 0 Å². The molecule has 1 aliphatic heterocycles. The number of para-hydroxylation sites is 1. The lowest BCUT2D eigenvalue weighted by Gasteiger charge is -2.33. The van der Waals surface area contributed by atoms with Crippen LogP contribution in [0, 0.1) is 0 Å². The Bertz CT molecular complexity index is 874. The third-order valence-corrected chi connectivity index (χ3v) is 4.23. The van der Waals surface area contributed by atoms with Gasteiger partial charge in [0, 0.05) is 12.4 Å². The van der Waals surface area contributed by atoms with Gasteiger partial charge >= 0.3 is 0 Å². The summed E-state index contributed by atoms with van der Waals surface area (Å²) in [5, 5.41) is 0. The molecule has 2 heterocycles. The molecule has 0 spiro atoms. The zero-order valence-electron chi connectivity index (χ0n) is 13.1. The lowest BCUT2D eigenvalue weighted by Crippen LogP contribution is -2.33. The number of hydrogen-bond acceptors (Lipinski definition) is 4. The first kappa shape index (κ1) is 14.5. The Morgan fingerprint density at radius 2 is 2.04 bits per heavy atom. The molecule has 2 aromatic carbocycles. The van der Waals surface area contributed by atoms with Gasteiger partial charge in [-0.05, 0) is 29.8 Å². The minimum atomic E-state index is -0.505. The number of hydrogen-bond donors (Lipinski definition) is 0. The van der Waals surface area contributed by atoms with Gasteiger partial charge in [-0.2, -0.15) is 0 Å². The lowest BCUT2D eigenvalue weighted by molar-refractivity contribution is 0.0676. The number of methoxy groups -OCH3 is 1. The normalized spacial score (nSPS) is 19.5. The summed E-state index contributed by atoms with van der Waals surface area (Å²) in [6, 6.07) is 14.4. The van der Waals surface area contributed by atoms with Crippen LogP contribution in [0.4, 0.5) is 0 Å². The van der Waals surface area contributed by atoms with Crippen LogP contribution < -0.4 is 9.47 Å². The van der Waals surface area contributed by atoms with Crippen molar-refractivity contribution in [2.24, 2.45) is 0 Å². The molecule has 24 heavy (non-hydrogen) atoms. The average Bonchev–Trinajstić information content (AvgIpc) is 3.16. The van der Waals surface area contributed by atoms with Gasteiger partial charge in [0.25, 0.3) is 0 Å². The summed E-state index contributed by atoms with van der Waals surface area (Å²) < 4.78 is 13.3. The molecular formula is C19H16N2O3. The van der Waals surface area contributed by atoms with E-state index in [-0.39, 0.29) is 5.78 Å². The van der Waals surface area contributed by atoms with E-state index < -0.39 is 12.1 Å². The molecule has 120 valence electrons. The Kier molecular flexibility index (Phi) is 3.54. The molecule has 5 heteroatoms. The standard InChI is InChI=1S/C19H16N2O3/c1-23-14-6-4-5-13(11-14)19-17(21-10-9-20-12-21)18(22)15-7-2-3-8-16(15)24-19/h2-12,17,19H,1H3/t17-,19+/m1/s1. The predicted molar refractivity (Wildman–Crippen MR) is 88.4 cm³/mol. The molecule has 0 saturated carbocycles. The molecule has 3 aromatic rings. The fourth-order valence-electron chi connectivity index (χ4n) is 3.07. The van der Waals surface area contributed by atoms with Crippen molar-refractivity contribution in [3.05, 3.63) is 78.4 Å². The molecule has 2 atom stereocenters. The maximum Gasteiger partial charge on any atom is 0.193 e. The van der Waals surface area contributed by atoms with Crippen LogP contribution in [-0.4, -0.2) is 22.4 Å². The van der Waals surface area contributed by atoms with Crippen molar-refractivity contribution in [2.45, 2.75) is 12.1 Å². The number of rotatable bonds is 3. The van der Waals surface area contributed by atoms with Crippen LogP contribution in [0.1, 0.15) is 28.1 Å². The number of benzene rings is 2. The van der Waals surface area contributed by atoms with Gasteiger partial charge < -0.3 is 14.0 Å². The average molecular weight is 320 g/mol. The SMILES string of the molecule is COc1cccc([C@@H]2Oc3ccccc3C(=O)[C@H]2n2ccnc2)c1. The molecule has 0 radical (unpaired) electrons. The van der Waals surface area contributed by atoms with Crippen LogP contribution in [0.25, 0.3) is 0 Å². The second-order valence-corrected chi connectivity index (χ2v) is 5.63. The van der Waals surface area contributed by atoms with Crippen molar-refractivity contribution in [3.8, 4) is 11.5 Å². The van der Waals surface area contributed by atoms with Crippen LogP contribution in [0.5, 0.6) is 11.5 Å². The van der Waals surface area contributed by atoms with E-state index in [0.29, 0.717) is 11.3 Å². The minimum absolute atomic E-state index is 0.0164. The van der Waals surface area contributed by atoms with Gasteiger partial charge in [-0.1, -0.05) is 24.3 Å². The Morgan fingerprint density at radius 1 is 1.17 bits per heavy atom. The van der Waals surface area contributed by atoms with Gasteiger partial charge in [0.2, 0.25) is 0 Å². The number of Topliss-reactive ketones (excluding diaryl/α,β-unsaturated/α-hetero) is 1. The van der Waals surface area contributed by atoms with Gasteiger partial charge in [-0.25, -0.2) is 4.98 Å². The topological polar surface area (TPSA) is 53.4 Å². The van der Waals surface area contributed by atoms with Crippen molar-refractivity contribution in [3.63, 3.8) is 0 Å². The minimum Gasteiger partial charge on any atom is -0.497 e. The highest BCUT2D eigenvalue weighted by Crippen LogP contribution is 2.41. The first-order valence-corrected chi connectivity index (χ1v) is 7.69. The maximum absolute atomic E-state index is 13.1. The fraction of sp³-hybridized carbons (Fsp3) is 0.158. The number of nitrogens with zero attached hydrogens (tertiary/aromatic N) is 2. The highest BCUT2D eigenvalue weighted by molar-refractivity contribution is 6.02. The molecule has 1 aromatic heterocycles.